The van der Waals surface area contributed by atoms with Crippen molar-refractivity contribution in [2.24, 2.45) is 0 Å². The summed E-state index contributed by atoms with van der Waals surface area (Å²) in [4.78, 5) is 4.17. The number of halogens is 3. The highest BCUT2D eigenvalue weighted by atomic mass is 35.6. The second-order valence-corrected chi connectivity index (χ2v) is 4.15. The summed E-state index contributed by atoms with van der Waals surface area (Å²) in [6.07, 6.45) is 0. The molecular weight excluding hydrogens is 216 g/mol. The van der Waals surface area contributed by atoms with Crippen LogP contribution in [0.15, 0.2) is 18.2 Å². The normalized spacial score (nSPS) is 9.17. The van der Waals surface area contributed by atoms with Crippen LogP contribution in [0.4, 0.5) is 0 Å². The van der Waals surface area contributed by atoms with E-state index in [1.807, 2.05) is 32.0 Å². The fraction of sp³-hybridized carbons (Fsp3) is 0.375. The summed E-state index contributed by atoms with van der Waals surface area (Å²) < 4.78 is -0.750. The number of alkyl halides is 3. The van der Waals surface area contributed by atoms with Gasteiger partial charge in [0.2, 0.25) is 0 Å². The van der Waals surface area contributed by atoms with Crippen LogP contribution in [0.1, 0.15) is 11.4 Å². The van der Waals surface area contributed by atoms with E-state index in [4.69, 9.17) is 34.8 Å². The number of rotatable bonds is 0. The van der Waals surface area contributed by atoms with E-state index >= 15 is 0 Å². The van der Waals surface area contributed by atoms with Gasteiger partial charge in [-0.2, -0.15) is 0 Å². The first-order chi connectivity index (χ1) is 5.52. The van der Waals surface area contributed by atoms with E-state index in [1.54, 1.807) is 0 Å². The van der Waals surface area contributed by atoms with Gasteiger partial charge in [0, 0.05) is 11.4 Å². The first kappa shape index (κ1) is 12.0. The minimum Gasteiger partial charge on any atom is -0.258 e. The third-order valence-electron chi connectivity index (χ3n) is 1.03. The molecule has 4 heteroatoms. The van der Waals surface area contributed by atoms with Gasteiger partial charge in [-0.25, -0.2) is 0 Å². The molecule has 1 aromatic rings. The van der Waals surface area contributed by atoms with Crippen molar-refractivity contribution < 1.29 is 0 Å². The standard InChI is InChI=1S/C7H9N.CHCl3/c1-6-4-3-5-7(2)8-6;2-1(3)4/h3-5H,1-2H3;1H. The van der Waals surface area contributed by atoms with Crippen LogP contribution in [0, 0.1) is 13.8 Å². The van der Waals surface area contributed by atoms with Gasteiger partial charge in [-0.1, -0.05) is 40.9 Å². The lowest BCUT2D eigenvalue weighted by Crippen LogP contribution is -1.81. The zero-order chi connectivity index (χ0) is 9.56. The summed E-state index contributed by atoms with van der Waals surface area (Å²) in [5.74, 6) is 0. The number of aryl methyl sites for hydroxylation is 2. The van der Waals surface area contributed by atoms with Gasteiger partial charge in [0.1, 0.15) is 0 Å². The largest absolute Gasteiger partial charge is 0.258 e. The first-order valence-electron chi connectivity index (χ1n) is 3.35. The fourth-order valence-corrected chi connectivity index (χ4v) is 0.679. The molecule has 0 amide bonds. The third-order valence-corrected chi connectivity index (χ3v) is 1.03. The molecule has 1 rings (SSSR count). The van der Waals surface area contributed by atoms with E-state index < -0.39 is 4.30 Å². The second-order valence-electron chi connectivity index (χ2n) is 2.17. The molecule has 0 aliphatic carbocycles. The summed E-state index contributed by atoms with van der Waals surface area (Å²) in [5, 5.41) is 0. The van der Waals surface area contributed by atoms with Crippen molar-refractivity contribution in [1.82, 2.24) is 4.98 Å². The van der Waals surface area contributed by atoms with Crippen molar-refractivity contribution in [3.8, 4) is 0 Å². The molecule has 0 radical (unpaired) electrons. The molecule has 0 aliphatic heterocycles. The molecule has 0 N–H and O–H groups in total. The fourth-order valence-electron chi connectivity index (χ4n) is 0.679. The Morgan fingerprint density at radius 3 is 1.58 bits per heavy atom. The molecule has 0 atom stereocenters. The highest BCUT2D eigenvalue weighted by molar-refractivity contribution is 6.63. The van der Waals surface area contributed by atoms with Crippen molar-refractivity contribution in [2.75, 3.05) is 0 Å². The first-order valence-corrected chi connectivity index (χ1v) is 4.66. The lowest BCUT2D eigenvalue weighted by atomic mass is 10.3. The smallest absolute Gasteiger partial charge is 0.180 e. The van der Waals surface area contributed by atoms with E-state index in [2.05, 4.69) is 4.98 Å². The van der Waals surface area contributed by atoms with Gasteiger partial charge < -0.3 is 0 Å². The summed E-state index contributed by atoms with van der Waals surface area (Å²) in [6, 6.07) is 6.00. The van der Waals surface area contributed by atoms with Crippen molar-refractivity contribution >= 4 is 34.8 Å². The van der Waals surface area contributed by atoms with Crippen LogP contribution >= 0.6 is 34.8 Å². The van der Waals surface area contributed by atoms with Crippen LogP contribution in [0.25, 0.3) is 0 Å². The monoisotopic (exact) mass is 225 g/mol. The molecule has 1 aromatic heterocycles. The Bertz CT molecular complexity index is 205. The Morgan fingerprint density at radius 1 is 1.08 bits per heavy atom. The lowest BCUT2D eigenvalue weighted by molar-refractivity contribution is 1.12. The van der Waals surface area contributed by atoms with E-state index in [0.717, 1.165) is 11.4 Å². The van der Waals surface area contributed by atoms with Crippen LogP contribution in [0.3, 0.4) is 0 Å². The Hall–Kier alpha value is 0.0200. The molecule has 68 valence electrons. The zero-order valence-corrected chi connectivity index (χ0v) is 9.16. The number of nitrogens with zero attached hydrogens (tertiary/aromatic N) is 1. The topological polar surface area (TPSA) is 12.9 Å². The van der Waals surface area contributed by atoms with Crippen LogP contribution in [0.5, 0.6) is 0 Å². The van der Waals surface area contributed by atoms with Crippen LogP contribution < -0.4 is 0 Å². The molecule has 0 saturated carbocycles. The molecule has 12 heavy (non-hydrogen) atoms. The molecule has 0 fully saturated rings. The molecule has 0 bridgehead atoms. The van der Waals surface area contributed by atoms with Crippen molar-refractivity contribution in [1.29, 1.82) is 0 Å². The SMILES string of the molecule is Cc1cccc(C)n1.ClC(Cl)Cl. The molecule has 1 nitrogen and oxygen atoms in total. The Labute approximate surface area is 87.7 Å². The van der Waals surface area contributed by atoms with Gasteiger partial charge >= 0.3 is 0 Å². The number of aromatic nitrogens is 1. The molecule has 0 aliphatic rings. The molecule has 0 saturated heterocycles. The maximum Gasteiger partial charge on any atom is 0.180 e. The van der Waals surface area contributed by atoms with Crippen LogP contribution in [-0.2, 0) is 0 Å². The van der Waals surface area contributed by atoms with Gasteiger partial charge in [-0.05, 0) is 26.0 Å². The van der Waals surface area contributed by atoms with Crippen LogP contribution in [-0.4, -0.2) is 9.28 Å². The summed E-state index contributed by atoms with van der Waals surface area (Å²) in [5.41, 5.74) is 2.18. The number of hydrogen-bond donors (Lipinski definition) is 0. The maximum atomic E-state index is 4.81. The molecule has 1 heterocycles. The van der Waals surface area contributed by atoms with E-state index in [0.29, 0.717) is 0 Å². The highest BCUT2D eigenvalue weighted by Crippen LogP contribution is 2.03. The van der Waals surface area contributed by atoms with Crippen LogP contribution in [0.2, 0.25) is 0 Å². The average molecular weight is 227 g/mol. The summed E-state index contributed by atoms with van der Waals surface area (Å²) in [6.45, 7) is 3.99. The molecule has 0 spiro atoms. The van der Waals surface area contributed by atoms with E-state index in [9.17, 15) is 0 Å². The van der Waals surface area contributed by atoms with Gasteiger partial charge in [-0.15, -0.1) is 0 Å². The van der Waals surface area contributed by atoms with E-state index in [1.165, 1.54) is 0 Å². The van der Waals surface area contributed by atoms with Crippen molar-refractivity contribution in [3.05, 3.63) is 29.6 Å². The predicted octanol–water partition coefficient (Wildman–Crippen LogP) is 3.68. The minimum atomic E-state index is -0.750. The molecule has 0 aromatic carbocycles. The Kier molecular flexibility index (Phi) is 6.54. The summed E-state index contributed by atoms with van der Waals surface area (Å²) >= 11 is 14.4. The van der Waals surface area contributed by atoms with E-state index in [-0.39, 0.29) is 0 Å². The minimum absolute atomic E-state index is 0.750. The van der Waals surface area contributed by atoms with Gasteiger partial charge in [0.25, 0.3) is 0 Å². The van der Waals surface area contributed by atoms with Gasteiger partial charge in [0.05, 0.1) is 0 Å². The zero-order valence-electron chi connectivity index (χ0n) is 6.89. The molecular formula is C8H10Cl3N. The van der Waals surface area contributed by atoms with Gasteiger partial charge in [-0.3, -0.25) is 4.98 Å². The maximum absolute atomic E-state index is 4.81. The quantitative estimate of drug-likeness (QED) is 0.615. The average Bonchev–Trinajstić information content (AvgIpc) is 1.84. The lowest BCUT2D eigenvalue weighted by Gasteiger charge is -1.90. The van der Waals surface area contributed by atoms with Crippen molar-refractivity contribution in [3.63, 3.8) is 0 Å². The van der Waals surface area contributed by atoms with Crippen molar-refractivity contribution in [2.45, 2.75) is 18.1 Å². The Balaban J connectivity index is 0.000000261. The number of hydrogen-bond acceptors (Lipinski definition) is 1. The second kappa shape index (κ2) is 6.53. The van der Waals surface area contributed by atoms with Gasteiger partial charge in [0.15, 0.2) is 4.30 Å². The predicted molar refractivity (Wildman–Crippen MR) is 55.1 cm³/mol. The number of pyridine rings is 1. The third kappa shape index (κ3) is 8.12. The highest BCUT2D eigenvalue weighted by Gasteiger charge is 1.82. The summed E-state index contributed by atoms with van der Waals surface area (Å²) in [7, 11) is 0. The molecule has 0 unspecified atom stereocenters. The Morgan fingerprint density at radius 2 is 1.42 bits per heavy atom.